The first-order chi connectivity index (χ1) is 15.7. The lowest BCUT2D eigenvalue weighted by atomic mass is 10.2. The van der Waals surface area contributed by atoms with Gasteiger partial charge in [-0.25, -0.2) is 0 Å². The molecule has 1 heterocycles. The number of methoxy groups -OCH3 is 1. The van der Waals surface area contributed by atoms with Crippen molar-refractivity contribution in [2.45, 2.75) is 6.61 Å². The van der Waals surface area contributed by atoms with Crippen molar-refractivity contribution in [3.05, 3.63) is 96.1 Å². The van der Waals surface area contributed by atoms with E-state index in [0.717, 1.165) is 41.4 Å². The van der Waals surface area contributed by atoms with E-state index in [1.807, 2.05) is 83.8 Å². The number of benzene rings is 3. The highest BCUT2D eigenvalue weighted by atomic mass is 16.5. The van der Waals surface area contributed by atoms with Crippen LogP contribution in [0.1, 0.15) is 11.1 Å². The van der Waals surface area contributed by atoms with Crippen LogP contribution < -0.4 is 14.4 Å². The van der Waals surface area contributed by atoms with Crippen molar-refractivity contribution in [2.24, 2.45) is 0 Å². The zero-order chi connectivity index (χ0) is 22.2. The zero-order valence-corrected chi connectivity index (χ0v) is 18.3. The van der Waals surface area contributed by atoms with Crippen LogP contribution in [-0.4, -0.2) is 44.1 Å². The average molecular weight is 429 g/mol. The first-order valence-electron chi connectivity index (χ1n) is 10.8. The molecule has 1 aliphatic heterocycles. The molecular weight excluding hydrogens is 400 g/mol. The molecule has 4 rings (SSSR count). The Labute approximate surface area is 189 Å². The SMILES string of the molecule is COc1ccccc1N1CCN(C(=O)/C=C/c2cccc(OCc3ccccc3)c2)CC1. The second-order valence-corrected chi connectivity index (χ2v) is 7.66. The monoisotopic (exact) mass is 428 g/mol. The average Bonchev–Trinajstić information content (AvgIpc) is 2.87. The molecule has 0 spiro atoms. The molecule has 0 aromatic heterocycles. The maximum Gasteiger partial charge on any atom is 0.246 e. The summed E-state index contributed by atoms with van der Waals surface area (Å²) in [5.74, 6) is 1.68. The van der Waals surface area contributed by atoms with Gasteiger partial charge >= 0.3 is 0 Å². The normalized spacial score (nSPS) is 13.9. The predicted molar refractivity (Wildman–Crippen MR) is 128 cm³/mol. The number of anilines is 1. The summed E-state index contributed by atoms with van der Waals surface area (Å²) in [5.41, 5.74) is 3.14. The van der Waals surface area contributed by atoms with Crippen LogP contribution in [0.5, 0.6) is 11.5 Å². The van der Waals surface area contributed by atoms with Gasteiger partial charge in [0, 0.05) is 32.3 Å². The molecule has 5 nitrogen and oxygen atoms in total. The number of rotatable bonds is 7. The second-order valence-electron chi connectivity index (χ2n) is 7.66. The third-order valence-corrected chi connectivity index (χ3v) is 5.54. The van der Waals surface area contributed by atoms with Gasteiger partial charge in [-0.2, -0.15) is 0 Å². The second kappa shape index (κ2) is 10.5. The molecular formula is C27H28N2O3. The Morgan fingerprint density at radius 1 is 0.906 bits per heavy atom. The Kier molecular flexibility index (Phi) is 7.08. The highest BCUT2D eigenvalue weighted by molar-refractivity contribution is 5.92. The predicted octanol–water partition coefficient (Wildman–Crippen LogP) is 4.64. The summed E-state index contributed by atoms with van der Waals surface area (Å²) in [4.78, 5) is 16.8. The van der Waals surface area contributed by atoms with Crippen LogP contribution in [0.4, 0.5) is 5.69 Å². The Morgan fingerprint density at radius 3 is 2.44 bits per heavy atom. The first-order valence-corrected chi connectivity index (χ1v) is 10.8. The van der Waals surface area contributed by atoms with Crippen LogP contribution in [0.15, 0.2) is 84.9 Å². The lowest BCUT2D eigenvalue weighted by molar-refractivity contribution is -0.126. The van der Waals surface area contributed by atoms with Crippen molar-refractivity contribution in [3.8, 4) is 11.5 Å². The minimum Gasteiger partial charge on any atom is -0.495 e. The molecule has 0 saturated carbocycles. The fourth-order valence-electron chi connectivity index (χ4n) is 3.78. The van der Waals surface area contributed by atoms with Crippen molar-refractivity contribution >= 4 is 17.7 Å². The molecule has 3 aromatic carbocycles. The van der Waals surface area contributed by atoms with Gasteiger partial charge in [0.1, 0.15) is 18.1 Å². The van der Waals surface area contributed by atoms with Gasteiger partial charge in [-0.1, -0.05) is 54.6 Å². The summed E-state index contributed by atoms with van der Waals surface area (Å²) in [6, 6.07) is 25.9. The molecule has 0 bridgehead atoms. The van der Waals surface area contributed by atoms with Crippen molar-refractivity contribution in [1.82, 2.24) is 4.90 Å². The molecule has 1 amide bonds. The van der Waals surface area contributed by atoms with Crippen LogP contribution in [0.2, 0.25) is 0 Å². The molecule has 0 atom stereocenters. The van der Waals surface area contributed by atoms with E-state index >= 15 is 0 Å². The number of hydrogen-bond acceptors (Lipinski definition) is 4. The molecule has 0 aliphatic carbocycles. The van der Waals surface area contributed by atoms with Crippen LogP contribution in [-0.2, 0) is 11.4 Å². The number of amides is 1. The van der Waals surface area contributed by atoms with Gasteiger partial charge in [0.05, 0.1) is 12.8 Å². The van der Waals surface area contributed by atoms with E-state index in [-0.39, 0.29) is 5.91 Å². The van der Waals surface area contributed by atoms with Crippen molar-refractivity contribution in [1.29, 1.82) is 0 Å². The Morgan fingerprint density at radius 2 is 1.66 bits per heavy atom. The fourth-order valence-corrected chi connectivity index (χ4v) is 3.78. The minimum atomic E-state index is 0.0280. The number of ether oxygens (including phenoxy) is 2. The van der Waals surface area contributed by atoms with E-state index in [4.69, 9.17) is 9.47 Å². The third kappa shape index (κ3) is 5.49. The van der Waals surface area contributed by atoms with Gasteiger partial charge in [0.2, 0.25) is 5.91 Å². The highest BCUT2D eigenvalue weighted by Gasteiger charge is 2.21. The quantitative estimate of drug-likeness (QED) is 0.515. The summed E-state index contributed by atoms with van der Waals surface area (Å²) in [7, 11) is 1.69. The van der Waals surface area contributed by atoms with E-state index in [1.165, 1.54) is 0 Å². The number of para-hydroxylation sites is 2. The highest BCUT2D eigenvalue weighted by Crippen LogP contribution is 2.28. The standard InChI is InChI=1S/C27H28N2O3/c1-31-26-13-6-5-12-25(26)28-16-18-29(19-17-28)27(30)15-14-22-10-7-11-24(20-22)32-21-23-8-3-2-4-9-23/h2-15,20H,16-19,21H2,1H3/b15-14+. The fraction of sp³-hybridized carbons (Fsp3) is 0.222. The molecule has 1 fully saturated rings. The lowest BCUT2D eigenvalue weighted by Gasteiger charge is -2.36. The van der Waals surface area contributed by atoms with E-state index in [0.29, 0.717) is 19.7 Å². The first kappa shape index (κ1) is 21.5. The summed E-state index contributed by atoms with van der Waals surface area (Å²) in [6.07, 6.45) is 3.50. The Hall–Kier alpha value is -3.73. The zero-order valence-electron chi connectivity index (χ0n) is 18.3. The van der Waals surface area contributed by atoms with E-state index < -0.39 is 0 Å². The topological polar surface area (TPSA) is 42.0 Å². The van der Waals surface area contributed by atoms with E-state index in [9.17, 15) is 4.79 Å². The van der Waals surface area contributed by atoms with Gasteiger partial charge in [-0.05, 0) is 41.5 Å². The molecule has 1 aliphatic rings. The summed E-state index contributed by atoms with van der Waals surface area (Å²) < 4.78 is 11.4. The summed E-state index contributed by atoms with van der Waals surface area (Å²) in [6.45, 7) is 3.44. The van der Waals surface area contributed by atoms with Gasteiger partial charge < -0.3 is 19.3 Å². The summed E-state index contributed by atoms with van der Waals surface area (Å²) >= 11 is 0. The van der Waals surface area contributed by atoms with Crippen molar-refractivity contribution < 1.29 is 14.3 Å². The number of carbonyl (C=O) groups excluding carboxylic acids is 1. The third-order valence-electron chi connectivity index (χ3n) is 5.54. The van der Waals surface area contributed by atoms with Gasteiger partial charge in [-0.3, -0.25) is 4.79 Å². The Bertz CT molecular complexity index is 1060. The van der Waals surface area contributed by atoms with Crippen molar-refractivity contribution in [3.63, 3.8) is 0 Å². The van der Waals surface area contributed by atoms with Crippen LogP contribution in [0.3, 0.4) is 0 Å². The molecule has 3 aromatic rings. The minimum absolute atomic E-state index is 0.0280. The van der Waals surface area contributed by atoms with Gasteiger partial charge in [0.25, 0.3) is 0 Å². The van der Waals surface area contributed by atoms with E-state index in [2.05, 4.69) is 11.0 Å². The molecule has 5 heteroatoms. The summed E-state index contributed by atoms with van der Waals surface area (Å²) in [5, 5.41) is 0. The van der Waals surface area contributed by atoms with Gasteiger partial charge in [-0.15, -0.1) is 0 Å². The van der Waals surface area contributed by atoms with Crippen LogP contribution in [0, 0.1) is 0 Å². The van der Waals surface area contributed by atoms with E-state index in [1.54, 1.807) is 13.2 Å². The number of hydrogen-bond donors (Lipinski definition) is 0. The molecule has 0 radical (unpaired) electrons. The Balaban J connectivity index is 1.31. The molecule has 1 saturated heterocycles. The van der Waals surface area contributed by atoms with Crippen LogP contribution >= 0.6 is 0 Å². The maximum atomic E-state index is 12.7. The lowest BCUT2D eigenvalue weighted by Crippen LogP contribution is -2.48. The number of piperazine rings is 1. The molecule has 0 N–H and O–H groups in total. The molecule has 32 heavy (non-hydrogen) atoms. The van der Waals surface area contributed by atoms with Crippen molar-refractivity contribution in [2.75, 3.05) is 38.2 Å². The largest absolute Gasteiger partial charge is 0.495 e. The van der Waals surface area contributed by atoms with Crippen LogP contribution in [0.25, 0.3) is 6.08 Å². The number of nitrogens with zero attached hydrogens (tertiary/aromatic N) is 2. The smallest absolute Gasteiger partial charge is 0.246 e. The number of carbonyl (C=O) groups is 1. The maximum absolute atomic E-state index is 12.7. The molecule has 164 valence electrons. The molecule has 0 unspecified atom stereocenters. The van der Waals surface area contributed by atoms with Gasteiger partial charge in [0.15, 0.2) is 0 Å².